The smallest absolute Gasteiger partial charge is 0.300 e. The van der Waals surface area contributed by atoms with Gasteiger partial charge in [-0.3, -0.25) is 14.5 Å². The van der Waals surface area contributed by atoms with E-state index in [9.17, 15) is 14.7 Å². The second-order valence-electron chi connectivity index (χ2n) is 7.32. The van der Waals surface area contributed by atoms with Gasteiger partial charge in [0, 0.05) is 35.9 Å². The molecule has 1 aromatic heterocycles. The van der Waals surface area contributed by atoms with Gasteiger partial charge in [0.05, 0.1) is 12.7 Å². The highest BCUT2D eigenvalue weighted by Gasteiger charge is 2.47. The highest BCUT2D eigenvalue weighted by atomic mass is 32.1. The second kappa shape index (κ2) is 8.28. The topological polar surface area (TPSA) is 70.1 Å². The minimum atomic E-state index is -0.705. The second-order valence-corrected chi connectivity index (χ2v) is 8.30. The maximum absolute atomic E-state index is 13.1. The molecule has 1 N–H and O–H groups in total. The first-order valence-corrected chi connectivity index (χ1v) is 10.6. The number of aliphatic hydroxyl groups is 1. The van der Waals surface area contributed by atoms with Crippen LogP contribution in [0.25, 0.3) is 5.76 Å². The zero-order valence-electron chi connectivity index (χ0n) is 17.4. The predicted molar refractivity (Wildman–Crippen MR) is 123 cm³/mol. The fraction of sp³-hybridized carbons (Fsp3) is 0.167. The van der Waals surface area contributed by atoms with Crippen molar-refractivity contribution in [1.82, 2.24) is 0 Å². The number of carbonyl (C=O) groups is 2. The minimum absolute atomic E-state index is 0.0781. The van der Waals surface area contributed by atoms with Gasteiger partial charge in [-0.25, -0.2) is 0 Å². The molecule has 1 amide bonds. The monoisotopic (exact) mass is 434 g/mol. The quantitative estimate of drug-likeness (QED) is 0.365. The van der Waals surface area contributed by atoms with Gasteiger partial charge in [-0.15, -0.1) is 11.3 Å². The van der Waals surface area contributed by atoms with E-state index < -0.39 is 17.7 Å². The number of anilines is 2. The number of amides is 1. The molecule has 1 saturated heterocycles. The van der Waals surface area contributed by atoms with Gasteiger partial charge in [0.15, 0.2) is 0 Å². The van der Waals surface area contributed by atoms with Crippen LogP contribution in [0.1, 0.15) is 16.5 Å². The molecule has 3 aromatic rings. The van der Waals surface area contributed by atoms with Crippen molar-refractivity contribution in [2.75, 3.05) is 31.0 Å². The highest BCUT2D eigenvalue weighted by molar-refractivity contribution is 7.10. The molecule has 1 atom stereocenters. The number of ether oxygens (including phenoxy) is 1. The maximum atomic E-state index is 13.1. The third kappa shape index (κ3) is 3.68. The predicted octanol–water partition coefficient (Wildman–Crippen LogP) is 4.45. The van der Waals surface area contributed by atoms with Gasteiger partial charge in [0.2, 0.25) is 0 Å². The molecule has 4 rings (SSSR count). The van der Waals surface area contributed by atoms with Gasteiger partial charge < -0.3 is 14.7 Å². The molecule has 0 radical (unpaired) electrons. The van der Waals surface area contributed by atoms with Gasteiger partial charge in [0.25, 0.3) is 11.7 Å². The summed E-state index contributed by atoms with van der Waals surface area (Å²) in [6.07, 6.45) is 0. The summed E-state index contributed by atoms with van der Waals surface area (Å²) in [5.41, 5.74) is 2.10. The van der Waals surface area contributed by atoms with Gasteiger partial charge in [-0.2, -0.15) is 0 Å². The number of Topliss-reactive ketones (excluding diaryl/α,β-unsaturated/α-hetero) is 1. The average Bonchev–Trinajstić information content (AvgIpc) is 3.40. The minimum Gasteiger partial charge on any atom is -0.507 e. The first-order valence-electron chi connectivity index (χ1n) is 9.68. The molecule has 1 fully saturated rings. The van der Waals surface area contributed by atoms with Crippen LogP contribution in [-0.4, -0.2) is 38.0 Å². The van der Waals surface area contributed by atoms with Gasteiger partial charge in [-0.05, 0) is 60.0 Å². The molecule has 1 unspecified atom stereocenters. The summed E-state index contributed by atoms with van der Waals surface area (Å²) in [6, 6.07) is 17.2. The summed E-state index contributed by atoms with van der Waals surface area (Å²) in [7, 11) is 5.42. The molecule has 2 aromatic carbocycles. The van der Waals surface area contributed by atoms with E-state index in [4.69, 9.17) is 4.74 Å². The molecule has 0 saturated carbocycles. The molecule has 7 heteroatoms. The molecular formula is C24H22N2O4S. The van der Waals surface area contributed by atoms with Crippen LogP contribution in [0.4, 0.5) is 11.4 Å². The molecule has 2 heterocycles. The van der Waals surface area contributed by atoms with E-state index in [1.54, 1.807) is 31.4 Å². The van der Waals surface area contributed by atoms with Crippen LogP contribution in [0.2, 0.25) is 0 Å². The van der Waals surface area contributed by atoms with Crippen molar-refractivity contribution in [3.8, 4) is 5.75 Å². The fourth-order valence-corrected chi connectivity index (χ4v) is 4.45. The number of methoxy groups -OCH3 is 1. The van der Waals surface area contributed by atoms with Crippen LogP contribution in [0.3, 0.4) is 0 Å². The number of hydrogen-bond donors (Lipinski definition) is 1. The normalized spacial score (nSPS) is 17.8. The number of benzene rings is 2. The fourth-order valence-electron chi connectivity index (χ4n) is 3.63. The Morgan fingerprint density at radius 3 is 2.26 bits per heavy atom. The third-order valence-corrected chi connectivity index (χ3v) is 6.19. The Hall–Kier alpha value is -3.58. The first-order chi connectivity index (χ1) is 14.9. The van der Waals surface area contributed by atoms with E-state index in [2.05, 4.69) is 0 Å². The van der Waals surface area contributed by atoms with Crippen LogP contribution < -0.4 is 14.5 Å². The lowest BCUT2D eigenvalue weighted by atomic mass is 9.99. The Morgan fingerprint density at radius 1 is 1.03 bits per heavy atom. The molecule has 1 aliphatic rings. The maximum Gasteiger partial charge on any atom is 0.300 e. The summed E-state index contributed by atoms with van der Waals surface area (Å²) < 4.78 is 5.17. The van der Waals surface area contributed by atoms with Crippen molar-refractivity contribution >= 4 is 40.2 Å². The van der Waals surface area contributed by atoms with Crippen LogP contribution in [0.15, 0.2) is 71.6 Å². The Kier molecular flexibility index (Phi) is 5.52. The van der Waals surface area contributed by atoms with Crippen molar-refractivity contribution in [3.05, 3.63) is 82.1 Å². The van der Waals surface area contributed by atoms with E-state index in [-0.39, 0.29) is 11.3 Å². The van der Waals surface area contributed by atoms with Crippen molar-refractivity contribution in [2.45, 2.75) is 6.04 Å². The summed E-state index contributed by atoms with van der Waals surface area (Å²) in [4.78, 5) is 30.4. The molecule has 158 valence electrons. The van der Waals surface area contributed by atoms with Gasteiger partial charge >= 0.3 is 0 Å². The summed E-state index contributed by atoms with van der Waals surface area (Å²) in [5.74, 6) is -0.936. The molecule has 6 nitrogen and oxygen atoms in total. The van der Waals surface area contributed by atoms with Crippen LogP contribution in [-0.2, 0) is 9.59 Å². The molecule has 0 aliphatic carbocycles. The van der Waals surface area contributed by atoms with Crippen LogP contribution >= 0.6 is 11.3 Å². The summed E-state index contributed by atoms with van der Waals surface area (Å²) >= 11 is 1.43. The summed E-state index contributed by atoms with van der Waals surface area (Å²) in [6.45, 7) is 0. The largest absolute Gasteiger partial charge is 0.507 e. The Labute approximate surface area is 184 Å². The number of rotatable bonds is 5. The lowest BCUT2D eigenvalue weighted by Crippen LogP contribution is -2.29. The lowest BCUT2D eigenvalue weighted by Gasteiger charge is -2.25. The third-order valence-electron chi connectivity index (χ3n) is 5.26. The Morgan fingerprint density at radius 2 is 1.71 bits per heavy atom. The number of nitrogens with zero attached hydrogens (tertiary/aromatic N) is 2. The molecule has 31 heavy (non-hydrogen) atoms. The van der Waals surface area contributed by atoms with Crippen molar-refractivity contribution in [2.24, 2.45) is 0 Å². The van der Waals surface area contributed by atoms with Crippen LogP contribution in [0, 0.1) is 0 Å². The summed E-state index contributed by atoms with van der Waals surface area (Å²) in [5, 5.41) is 12.9. The molecule has 0 bridgehead atoms. The lowest BCUT2D eigenvalue weighted by molar-refractivity contribution is -0.132. The highest BCUT2D eigenvalue weighted by Crippen LogP contribution is 2.43. The SMILES string of the molecule is COc1ccc(/C(O)=C2/C(=O)C(=O)N(c3ccc(N(C)C)cc3)C2c2cccs2)cc1. The molecule has 1 aliphatic heterocycles. The van der Waals surface area contributed by atoms with Crippen molar-refractivity contribution in [1.29, 1.82) is 0 Å². The molecular weight excluding hydrogens is 412 g/mol. The van der Waals surface area contributed by atoms with E-state index in [0.29, 0.717) is 17.0 Å². The van der Waals surface area contributed by atoms with E-state index >= 15 is 0 Å². The molecule has 0 spiro atoms. The van der Waals surface area contributed by atoms with E-state index in [0.717, 1.165) is 10.6 Å². The van der Waals surface area contributed by atoms with Crippen molar-refractivity contribution < 1.29 is 19.4 Å². The van der Waals surface area contributed by atoms with E-state index in [1.807, 2.05) is 60.8 Å². The van der Waals surface area contributed by atoms with Crippen LogP contribution in [0.5, 0.6) is 5.75 Å². The number of thiophene rings is 1. The number of ketones is 1. The first kappa shape index (κ1) is 20.7. The zero-order valence-corrected chi connectivity index (χ0v) is 18.2. The average molecular weight is 435 g/mol. The number of carbonyl (C=O) groups excluding carboxylic acids is 2. The zero-order chi connectivity index (χ0) is 22.1. The Balaban J connectivity index is 1.85. The van der Waals surface area contributed by atoms with Gasteiger partial charge in [-0.1, -0.05) is 6.07 Å². The van der Waals surface area contributed by atoms with E-state index in [1.165, 1.54) is 16.2 Å². The standard InChI is InChI=1S/C24H22N2O4S/c1-25(2)16-8-10-17(11-9-16)26-21(19-5-4-14-31-19)20(23(28)24(26)29)22(27)15-6-12-18(30-3)13-7-15/h4-14,21,27H,1-3H3/b22-20-. The van der Waals surface area contributed by atoms with Gasteiger partial charge in [0.1, 0.15) is 17.6 Å². The Bertz CT molecular complexity index is 1130. The van der Waals surface area contributed by atoms with Crippen molar-refractivity contribution in [3.63, 3.8) is 0 Å². The number of aliphatic hydroxyl groups excluding tert-OH is 1. The number of hydrogen-bond acceptors (Lipinski definition) is 6.